The zero-order chi connectivity index (χ0) is 12.8. The SMILES string of the molecule is CC1=C[C@@H]2[C@@H](C(C)C)C[C@@H](O)[C@H](C)[C@]2(O)CC1. The average molecular weight is 238 g/mol. The molecule has 2 aliphatic carbocycles. The third-order valence-corrected chi connectivity index (χ3v) is 5.16. The molecule has 0 saturated heterocycles. The molecular formula is C15H26O2. The molecule has 0 radical (unpaired) electrons. The lowest BCUT2D eigenvalue weighted by molar-refractivity contribution is -0.156. The van der Waals surface area contributed by atoms with Gasteiger partial charge in [0.1, 0.15) is 0 Å². The van der Waals surface area contributed by atoms with Crippen LogP contribution in [0.5, 0.6) is 0 Å². The molecule has 98 valence electrons. The van der Waals surface area contributed by atoms with Crippen molar-refractivity contribution in [3.63, 3.8) is 0 Å². The highest BCUT2D eigenvalue weighted by Gasteiger charge is 2.52. The van der Waals surface area contributed by atoms with Crippen LogP contribution >= 0.6 is 0 Å². The molecule has 2 N–H and O–H groups in total. The molecule has 0 aliphatic heterocycles. The summed E-state index contributed by atoms with van der Waals surface area (Å²) in [7, 11) is 0. The number of aliphatic hydroxyl groups excluding tert-OH is 1. The van der Waals surface area contributed by atoms with E-state index in [1.165, 1.54) is 5.57 Å². The second-order valence-corrected chi connectivity index (χ2v) is 6.53. The molecule has 0 amide bonds. The summed E-state index contributed by atoms with van der Waals surface area (Å²) in [5.74, 6) is 1.14. The second-order valence-electron chi connectivity index (χ2n) is 6.53. The van der Waals surface area contributed by atoms with Gasteiger partial charge in [0.15, 0.2) is 0 Å². The zero-order valence-electron chi connectivity index (χ0n) is 11.5. The number of hydrogen-bond acceptors (Lipinski definition) is 2. The van der Waals surface area contributed by atoms with E-state index in [0.29, 0.717) is 11.8 Å². The van der Waals surface area contributed by atoms with Crippen LogP contribution in [-0.4, -0.2) is 21.9 Å². The Labute approximate surface area is 105 Å². The summed E-state index contributed by atoms with van der Waals surface area (Å²) in [4.78, 5) is 0. The molecule has 5 atom stereocenters. The molecule has 2 heteroatoms. The Morgan fingerprint density at radius 2 is 2.06 bits per heavy atom. The maximum atomic E-state index is 11.0. The molecule has 2 rings (SSSR count). The quantitative estimate of drug-likeness (QED) is 0.690. The van der Waals surface area contributed by atoms with Crippen molar-refractivity contribution in [2.75, 3.05) is 0 Å². The topological polar surface area (TPSA) is 40.5 Å². The van der Waals surface area contributed by atoms with Crippen molar-refractivity contribution in [1.82, 2.24) is 0 Å². The van der Waals surface area contributed by atoms with Crippen molar-refractivity contribution in [3.8, 4) is 0 Å². The van der Waals surface area contributed by atoms with Crippen LogP contribution in [0.3, 0.4) is 0 Å². The van der Waals surface area contributed by atoms with Gasteiger partial charge in [-0.05, 0) is 38.0 Å². The van der Waals surface area contributed by atoms with Crippen LogP contribution in [0, 0.1) is 23.7 Å². The first kappa shape index (κ1) is 13.1. The van der Waals surface area contributed by atoms with Gasteiger partial charge in [-0.25, -0.2) is 0 Å². The van der Waals surface area contributed by atoms with Gasteiger partial charge in [-0.1, -0.05) is 32.4 Å². The van der Waals surface area contributed by atoms with Gasteiger partial charge in [0.05, 0.1) is 11.7 Å². The van der Waals surface area contributed by atoms with Crippen LogP contribution in [0.2, 0.25) is 0 Å². The second kappa shape index (κ2) is 4.40. The van der Waals surface area contributed by atoms with Crippen LogP contribution in [0.4, 0.5) is 0 Å². The number of allylic oxidation sites excluding steroid dienone is 1. The lowest BCUT2D eigenvalue weighted by atomic mass is 9.56. The summed E-state index contributed by atoms with van der Waals surface area (Å²) in [6.07, 6.45) is 4.53. The molecule has 0 unspecified atom stereocenters. The molecule has 1 fully saturated rings. The first-order valence-electron chi connectivity index (χ1n) is 6.94. The number of rotatable bonds is 1. The van der Waals surface area contributed by atoms with E-state index in [1.54, 1.807) is 0 Å². The Bertz CT molecular complexity index is 321. The Kier molecular flexibility index (Phi) is 3.39. The van der Waals surface area contributed by atoms with Crippen LogP contribution in [0.1, 0.15) is 47.0 Å². The van der Waals surface area contributed by atoms with Gasteiger partial charge in [-0.2, -0.15) is 0 Å². The van der Waals surface area contributed by atoms with Crippen molar-refractivity contribution in [3.05, 3.63) is 11.6 Å². The molecule has 0 bridgehead atoms. The molecule has 0 heterocycles. The molecule has 0 aromatic carbocycles. The third kappa shape index (κ3) is 2.06. The van der Waals surface area contributed by atoms with E-state index < -0.39 is 5.60 Å². The van der Waals surface area contributed by atoms with Gasteiger partial charge in [-0.15, -0.1) is 0 Å². The number of fused-ring (bicyclic) bond motifs is 1. The highest BCUT2D eigenvalue weighted by molar-refractivity contribution is 5.18. The van der Waals surface area contributed by atoms with Gasteiger partial charge in [-0.3, -0.25) is 0 Å². The molecule has 0 aromatic heterocycles. The summed E-state index contributed by atoms with van der Waals surface area (Å²) in [6.45, 7) is 8.56. The Morgan fingerprint density at radius 3 is 2.65 bits per heavy atom. The lowest BCUT2D eigenvalue weighted by Crippen LogP contribution is -2.57. The van der Waals surface area contributed by atoms with E-state index in [4.69, 9.17) is 0 Å². The lowest BCUT2D eigenvalue weighted by Gasteiger charge is -2.53. The minimum absolute atomic E-state index is 0.00755. The van der Waals surface area contributed by atoms with Gasteiger partial charge in [0.25, 0.3) is 0 Å². The van der Waals surface area contributed by atoms with E-state index >= 15 is 0 Å². The van der Waals surface area contributed by atoms with Crippen LogP contribution in [-0.2, 0) is 0 Å². The van der Waals surface area contributed by atoms with E-state index in [9.17, 15) is 10.2 Å². The van der Waals surface area contributed by atoms with Gasteiger partial charge >= 0.3 is 0 Å². The normalized spacial score (nSPS) is 46.6. The van der Waals surface area contributed by atoms with Crippen LogP contribution in [0.15, 0.2) is 11.6 Å². The van der Waals surface area contributed by atoms with Gasteiger partial charge in [0.2, 0.25) is 0 Å². The van der Waals surface area contributed by atoms with Crippen molar-refractivity contribution in [2.24, 2.45) is 23.7 Å². The molecule has 1 saturated carbocycles. The van der Waals surface area contributed by atoms with Crippen molar-refractivity contribution >= 4 is 0 Å². The zero-order valence-corrected chi connectivity index (χ0v) is 11.5. The summed E-state index contributed by atoms with van der Waals surface area (Å²) in [5.41, 5.74) is 0.709. The van der Waals surface area contributed by atoms with E-state index in [2.05, 4.69) is 26.8 Å². The fourth-order valence-electron chi connectivity index (χ4n) is 3.77. The summed E-state index contributed by atoms with van der Waals surface area (Å²) < 4.78 is 0. The predicted octanol–water partition coefficient (Wildman–Crippen LogP) is 2.75. The van der Waals surface area contributed by atoms with Crippen LogP contribution < -0.4 is 0 Å². The average Bonchev–Trinajstić information content (AvgIpc) is 2.26. The Hall–Kier alpha value is -0.340. The third-order valence-electron chi connectivity index (χ3n) is 5.16. The van der Waals surface area contributed by atoms with E-state index in [-0.39, 0.29) is 17.9 Å². The molecule has 0 aromatic rings. The van der Waals surface area contributed by atoms with Gasteiger partial charge < -0.3 is 10.2 Å². The smallest absolute Gasteiger partial charge is 0.0765 e. The standard InChI is InChI=1S/C15H26O2/c1-9(2)12-8-14(16)11(4)15(17)6-5-10(3)7-13(12)15/h7,9,11-14,16-17H,5-6,8H2,1-4H3/t11-,12+,13+,14+,15+/m0/s1. The fourth-order valence-corrected chi connectivity index (χ4v) is 3.77. The summed E-state index contributed by atoms with van der Waals surface area (Å²) in [5, 5.41) is 21.1. The monoisotopic (exact) mass is 238 g/mol. The van der Waals surface area contributed by atoms with Crippen molar-refractivity contribution < 1.29 is 10.2 Å². The predicted molar refractivity (Wildman–Crippen MR) is 69.5 cm³/mol. The maximum absolute atomic E-state index is 11.0. The van der Waals surface area contributed by atoms with E-state index in [1.807, 2.05) is 6.92 Å². The minimum atomic E-state index is -0.688. The highest BCUT2D eigenvalue weighted by Crippen LogP contribution is 2.50. The summed E-state index contributed by atoms with van der Waals surface area (Å²) >= 11 is 0. The highest BCUT2D eigenvalue weighted by atomic mass is 16.3. The molecular weight excluding hydrogens is 212 g/mol. The molecule has 2 nitrogen and oxygen atoms in total. The Balaban J connectivity index is 2.37. The van der Waals surface area contributed by atoms with E-state index in [0.717, 1.165) is 19.3 Å². The Morgan fingerprint density at radius 1 is 1.41 bits per heavy atom. The van der Waals surface area contributed by atoms with Gasteiger partial charge in [0, 0.05) is 11.8 Å². The molecule has 2 aliphatic rings. The number of hydrogen-bond donors (Lipinski definition) is 2. The van der Waals surface area contributed by atoms with Crippen molar-refractivity contribution in [1.29, 1.82) is 0 Å². The largest absolute Gasteiger partial charge is 0.393 e. The first-order valence-corrected chi connectivity index (χ1v) is 6.94. The fraction of sp³-hybridized carbons (Fsp3) is 0.867. The van der Waals surface area contributed by atoms with Crippen LogP contribution in [0.25, 0.3) is 0 Å². The molecule has 17 heavy (non-hydrogen) atoms. The van der Waals surface area contributed by atoms with Crippen molar-refractivity contribution in [2.45, 2.75) is 58.7 Å². The number of aliphatic hydroxyl groups is 2. The maximum Gasteiger partial charge on any atom is 0.0765 e. The minimum Gasteiger partial charge on any atom is -0.393 e. The molecule has 0 spiro atoms. The summed E-state index contributed by atoms with van der Waals surface area (Å²) in [6, 6.07) is 0. The first-order chi connectivity index (χ1) is 7.86.